The molecule has 40 heavy (non-hydrogen) atoms. The van der Waals surface area contributed by atoms with Gasteiger partial charge in [0.25, 0.3) is 0 Å². The van der Waals surface area contributed by atoms with E-state index in [4.69, 9.17) is 0 Å². The molecule has 0 atom stereocenters. The summed E-state index contributed by atoms with van der Waals surface area (Å²) in [5.74, 6) is 0. The van der Waals surface area contributed by atoms with Crippen molar-refractivity contribution in [3.05, 3.63) is 152 Å². The van der Waals surface area contributed by atoms with E-state index in [1.54, 1.807) is 0 Å². The molecule has 6 aromatic carbocycles. The van der Waals surface area contributed by atoms with E-state index >= 15 is 0 Å². The summed E-state index contributed by atoms with van der Waals surface area (Å²) in [6.45, 7) is 0. The van der Waals surface area contributed by atoms with Crippen molar-refractivity contribution in [3.8, 4) is 37.7 Å². The molecule has 2 heterocycles. The third-order valence-electron chi connectivity index (χ3n) is 7.81. The molecule has 0 aliphatic heterocycles. The highest BCUT2D eigenvalue weighted by molar-refractivity contribution is 7.21. The van der Waals surface area contributed by atoms with Crippen LogP contribution in [-0.2, 0) is 0 Å². The molecule has 2 aromatic heterocycles. The summed E-state index contributed by atoms with van der Waals surface area (Å²) in [6, 6.07) is 54.7. The molecule has 1 nitrogen and oxygen atoms in total. The number of rotatable bonds is 4. The van der Waals surface area contributed by atoms with Crippen LogP contribution in [0.1, 0.15) is 0 Å². The van der Waals surface area contributed by atoms with Crippen LogP contribution in [-0.4, -0.2) is 4.57 Å². The second-order valence-electron chi connectivity index (χ2n) is 10.1. The van der Waals surface area contributed by atoms with E-state index in [1.165, 1.54) is 70.3 Å². The van der Waals surface area contributed by atoms with Crippen LogP contribution >= 0.6 is 11.3 Å². The minimum Gasteiger partial charge on any atom is -0.309 e. The lowest BCUT2D eigenvalue weighted by atomic mass is 9.99. The average Bonchev–Trinajstić information content (AvgIpc) is 3.59. The van der Waals surface area contributed by atoms with E-state index in [9.17, 15) is 0 Å². The first-order valence-electron chi connectivity index (χ1n) is 13.6. The Kier molecular flexibility index (Phi) is 5.39. The average molecular weight is 528 g/mol. The zero-order valence-corrected chi connectivity index (χ0v) is 22.6. The molecule has 2 heteroatoms. The maximum Gasteiger partial charge on any atom is 0.0547 e. The molecule has 0 aliphatic carbocycles. The maximum absolute atomic E-state index is 2.40. The second kappa shape index (κ2) is 9.37. The van der Waals surface area contributed by atoms with Crippen molar-refractivity contribution in [2.75, 3.05) is 0 Å². The molecule has 0 spiro atoms. The van der Waals surface area contributed by atoms with E-state index in [-0.39, 0.29) is 0 Å². The monoisotopic (exact) mass is 527 g/mol. The van der Waals surface area contributed by atoms with Gasteiger partial charge in [-0.15, -0.1) is 11.3 Å². The van der Waals surface area contributed by atoms with Gasteiger partial charge in [0.15, 0.2) is 0 Å². The second-order valence-corrected chi connectivity index (χ2v) is 11.2. The molecule has 0 aliphatic rings. The number of hydrogen-bond acceptors (Lipinski definition) is 1. The first-order valence-corrected chi connectivity index (χ1v) is 14.4. The van der Waals surface area contributed by atoms with Crippen molar-refractivity contribution in [2.45, 2.75) is 0 Å². The van der Waals surface area contributed by atoms with Crippen molar-refractivity contribution < 1.29 is 0 Å². The van der Waals surface area contributed by atoms with Crippen LogP contribution < -0.4 is 0 Å². The van der Waals surface area contributed by atoms with E-state index in [1.807, 2.05) is 11.3 Å². The number of thiophene rings is 1. The zero-order valence-electron chi connectivity index (χ0n) is 21.8. The molecule has 8 rings (SSSR count). The Morgan fingerprint density at radius 2 is 0.975 bits per heavy atom. The van der Waals surface area contributed by atoms with Crippen LogP contribution in [0.15, 0.2) is 152 Å². The highest BCUT2D eigenvalue weighted by atomic mass is 32.1. The Morgan fingerprint density at radius 1 is 0.400 bits per heavy atom. The highest BCUT2D eigenvalue weighted by Gasteiger charge is 2.20. The summed E-state index contributed by atoms with van der Waals surface area (Å²) >= 11 is 1.90. The lowest BCUT2D eigenvalue weighted by Gasteiger charge is -2.08. The highest BCUT2D eigenvalue weighted by Crippen LogP contribution is 2.48. The minimum absolute atomic E-state index is 1.18. The van der Waals surface area contributed by atoms with Gasteiger partial charge in [-0.2, -0.15) is 0 Å². The SMILES string of the molecule is c1ccc(-c2cccc(-c3sc(-c4cccc5c4c4ccccc4n5-c4ccccc4)c4ccccc34)c2)cc1. The number of nitrogens with zero attached hydrogens (tertiary/aromatic N) is 1. The summed E-state index contributed by atoms with van der Waals surface area (Å²) < 4.78 is 2.40. The summed E-state index contributed by atoms with van der Waals surface area (Å²) in [7, 11) is 0. The summed E-state index contributed by atoms with van der Waals surface area (Å²) in [5, 5.41) is 5.19. The van der Waals surface area contributed by atoms with Gasteiger partial charge in [0.05, 0.1) is 11.0 Å². The van der Waals surface area contributed by atoms with E-state index < -0.39 is 0 Å². The van der Waals surface area contributed by atoms with Gasteiger partial charge in [0, 0.05) is 42.6 Å². The van der Waals surface area contributed by atoms with Crippen molar-refractivity contribution in [3.63, 3.8) is 0 Å². The van der Waals surface area contributed by atoms with Crippen LogP contribution in [0.25, 0.3) is 70.3 Å². The Hall–Kier alpha value is -4.92. The number of para-hydroxylation sites is 2. The van der Waals surface area contributed by atoms with Gasteiger partial charge < -0.3 is 4.57 Å². The lowest BCUT2D eigenvalue weighted by molar-refractivity contribution is 1.18. The third-order valence-corrected chi connectivity index (χ3v) is 9.11. The molecule has 8 aromatic rings. The first kappa shape index (κ1) is 23.0. The molecular formula is C38H25NS. The summed E-state index contributed by atoms with van der Waals surface area (Å²) in [6.07, 6.45) is 0. The predicted molar refractivity (Wildman–Crippen MR) is 172 cm³/mol. The minimum atomic E-state index is 1.18. The number of benzene rings is 6. The summed E-state index contributed by atoms with van der Waals surface area (Å²) in [5.41, 5.74) is 8.67. The van der Waals surface area contributed by atoms with E-state index in [0.717, 1.165) is 0 Å². The molecule has 0 radical (unpaired) electrons. The van der Waals surface area contributed by atoms with Crippen LogP contribution in [0, 0.1) is 0 Å². The standard InChI is InChI=1S/C38H25NS/c1-3-13-26(14-4-1)27-15-11-16-28(25-27)37-30-19-7-8-20-31(30)38(40-37)33-22-12-24-35-36(33)32-21-9-10-23-34(32)39(35)29-17-5-2-6-18-29/h1-25H. The van der Waals surface area contributed by atoms with Crippen molar-refractivity contribution in [1.82, 2.24) is 4.57 Å². The Labute approximate surface area is 237 Å². The van der Waals surface area contributed by atoms with Crippen LogP contribution in [0.5, 0.6) is 0 Å². The molecule has 0 fully saturated rings. The van der Waals surface area contributed by atoms with Gasteiger partial charge in [-0.1, -0.05) is 121 Å². The Balaban J connectivity index is 1.40. The van der Waals surface area contributed by atoms with Gasteiger partial charge in [-0.05, 0) is 47.0 Å². The van der Waals surface area contributed by atoms with Crippen molar-refractivity contribution >= 4 is 43.9 Å². The third kappa shape index (κ3) is 3.61. The Bertz CT molecular complexity index is 2150. The van der Waals surface area contributed by atoms with Gasteiger partial charge >= 0.3 is 0 Å². The molecule has 0 saturated heterocycles. The van der Waals surface area contributed by atoms with Crippen molar-refractivity contribution in [1.29, 1.82) is 0 Å². The molecule has 0 unspecified atom stereocenters. The van der Waals surface area contributed by atoms with Gasteiger partial charge in [-0.3, -0.25) is 0 Å². The topological polar surface area (TPSA) is 4.93 Å². The fraction of sp³-hybridized carbons (Fsp3) is 0. The maximum atomic E-state index is 2.40. The molecule has 188 valence electrons. The predicted octanol–water partition coefficient (Wildman–Crippen LogP) is 11.0. The van der Waals surface area contributed by atoms with Crippen LogP contribution in [0.3, 0.4) is 0 Å². The van der Waals surface area contributed by atoms with Crippen LogP contribution in [0.2, 0.25) is 0 Å². The first-order chi connectivity index (χ1) is 19.9. The number of aromatic nitrogens is 1. The van der Waals surface area contributed by atoms with E-state index in [0.29, 0.717) is 0 Å². The fourth-order valence-corrected chi connectivity index (χ4v) is 7.34. The van der Waals surface area contributed by atoms with Gasteiger partial charge in [-0.25, -0.2) is 0 Å². The quantitative estimate of drug-likeness (QED) is 0.214. The lowest BCUT2D eigenvalue weighted by Crippen LogP contribution is -1.92. The summed E-state index contributed by atoms with van der Waals surface area (Å²) in [4.78, 5) is 2.63. The van der Waals surface area contributed by atoms with Gasteiger partial charge in [0.2, 0.25) is 0 Å². The fourth-order valence-electron chi connectivity index (χ4n) is 6.04. The van der Waals surface area contributed by atoms with Crippen molar-refractivity contribution in [2.24, 2.45) is 0 Å². The number of hydrogen-bond donors (Lipinski definition) is 0. The van der Waals surface area contributed by atoms with Gasteiger partial charge in [0.1, 0.15) is 0 Å². The zero-order chi connectivity index (χ0) is 26.5. The largest absolute Gasteiger partial charge is 0.309 e. The molecular weight excluding hydrogens is 502 g/mol. The Morgan fingerprint density at radius 3 is 1.77 bits per heavy atom. The molecule has 0 saturated carbocycles. The smallest absolute Gasteiger partial charge is 0.0547 e. The molecule has 0 bridgehead atoms. The number of fused-ring (bicyclic) bond motifs is 4. The normalized spacial score (nSPS) is 11.5. The van der Waals surface area contributed by atoms with Crippen LogP contribution in [0.4, 0.5) is 0 Å². The molecule has 0 N–H and O–H groups in total. The molecule has 0 amide bonds. The van der Waals surface area contributed by atoms with E-state index in [2.05, 4.69) is 156 Å².